The molecule has 0 saturated carbocycles. The molecule has 0 spiro atoms. The maximum atomic E-state index is 12.0. The number of nitrogens with zero attached hydrogens (tertiary/aromatic N) is 1. The van der Waals surface area contributed by atoms with Crippen LogP contribution >= 0.6 is 0 Å². The Kier molecular flexibility index (Phi) is 7.98. The fraction of sp³-hybridized carbons (Fsp3) is 0.500. The highest BCUT2D eigenvalue weighted by Gasteiger charge is 2.14. The number of amides is 1. The molecule has 0 radical (unpaired) electrons. The van der Waals surface area contributed by atoms with Crippen molar-refractivity contribution in [2.24, 2.45) is 5.92 Å². The van der Waals surface area contributed by atoms with Crippen LogP contribution in [0.3, 0.4) is 0 Å². The number of rotatable bonds is 10. The number of hydrogen-bond donors (Lipinski definition) is 2. The third kappa shape index (κ3) is 6.20. The van der Waals surface area contributed by atoms with Gasteiger partial charge in [-0.15, -0.1) is 0 Å². The first-order chi connectivity index (χ1) is 13.0. The van der Waals surface area contributed by atoms with E-state index in [1.807, 2.05) is 0 Å². The molecule has 146 valence electrons. The molecule has 0 fully saturated rings. The molecule has 1 amide bonds. The third-order valence-corrected chi connectivity index (χ3v) is 4.58. The zero-order chi connectivity index (χ0) is 19.6. The summed E-state index contributed by atoms with van der Waals surface area (Å²) in [4.78, 5) is 35.7. The monoisotopic (exact) mass is 373 g/mol. The van der Waals surface area contributed by atoms with Crippen LogP contribution in [0, 0.1) is 5.92 Å². The van der Waals surface area contributed by atoms with Gasteiger partial charge in [0.15, 0.2) is 6.61 Å². The molecule has 2 aromatic rings. The zero-order valence-corrected chi connectivity index (χ0v) is 15.9. The molecule has 1 aromatic carbocycles. The number of nitrogens with one attached hydrogen (secondary N) is 2. The van der Waals surface area contributed by atoms with Gasteiger partial charge in [0.1, 0.15) is 0 Å². The van der Waals surface area contributed by atoms with Gasteiger partial charge in [-0.2, -0.15) is 5.10 Å². The molecule has 27 heavy (non-hydrogen) atoms. The van der Waals surface area contributed by atoms with Crippen molar-refractivity contribution in [1.29, 1.82) is 0 Å². The van der Waals surface area contributed by atoms with Crippen LogP contribution < -0.4 is 10.9 Å². The summed E-state index contributed by atoms with van der Waals surface area (Å²) < 4.78 is 5.05. The molecular weight excluding hydrogens is 346 g/mol. The highest BCUT2D eigenvalue weighted by Crippen LogP contribution is 2.13. The Labute approximate surface area is 158 Å². The van der Waals surface area contributed by atoms with Crippen LogP contribution in [-0.2, 0) is 20.7 Å². The van der Waals surface area contributed by atoms with Crippen molar-refractivity contribution < 1.29 is 14.3 Å². The van der Waals surface area contributed by atoms with Crippen LogP contribution in [0.2, 0.25) is 0 Å². The highest BCUT2D eigenvalue weighted by molar-refractivity contribution is 5.87. The van der Waals surface area contributed by atoms with E-state index in [1.54, 1.807) is 24.3 Å². The second-order valence-electron chi connectivity index (χ2n) is 6.60. The number of H-pyrrole nitrogens is 1. The molecule has 1 aromatic heterocycles. The van der Waals surface area contributed by atoms with Gasteiger partial charge in [-0.3, -0.25) is 14.4 Å². The van der Waals surface area contributed by atoms with Crippen molar-refractivity contribution in [2.75, 3.05) is 13.2 Å². The molecule has 2 rings (SSSR count). The summed E-state index contributed by atoms with van der Waals surface area (Å²) in [5, 5.41) is 10.2. The zero-order valence-electron chi connectivity index (χ0n) is 15.9. The van der Waals surface area contributed by atoms with E-state index >= 15 is 0 Å². The lowest BCUT2D eigenvalue weighted by atomic mass is 9.99. The Hall–Kier alpha value is -2.70. The van der Waals surface area contributed by atoms with Crippen LogP contribution in [0.5, 0.6) is 0 Å². The number of carbonyl (C=O) groups is 2. The van der Waals surface area contributed by atoms with Gasteiger partial charge in [0.2, 0.25) is 0 Å². The van der Waals surface area contributed by atoms with E-state index in [4.69, 9.17) is 4.74 Å². The first-order valence-corrected chi connectivity index (χ1v) is 9.43. The second kappa shape index (κ2) is 10.4. The number of esters is 1. The normalized spacial score (nSPS) is 11.9. The number of ether oxygens (including phenoxy) is 1. The quantitative estimate of drug-likeness (QED) is 0.623. The Morgan fingerprint density at radius 3 is 2.67 bits per heavy atom. The average Bonchev–Trinajstić information content (AvgIpc) is 2.69. The van der Waals surface area contributed by atoms with Crippen molar-refractivity contribution in [3.05, 3.63) is 40.3 Å². The molecule has 0 aliphatic heterocycles. The van der Waals surface area contributed by atoms with Crippen molar-refractivity contribution in [3.63, 3.8) is 0 Å². The minimum absolute atomic E-state index is 0.112. The summed E-state index contributed by atoms with van der Waals surface area (Å²) in [6, 6.07) is 6.91. The first-order valence-electron chi connectivity index (χ1n) is 9.43. The van der Waals surface area contributed by atoms with Gasteiger partial charge in [-0.1, -0.05) is 51.3 Å². The number of hydrogen-bond acceptors (Lipinski definition) is 5. The summed E-state index contributed by atoms with van der Waals surface area (Å²) >= 11 is 0. The van der Waals surface area contributed by atoms with Crippen LogP contribution in [0.1, 0.15) is 45.2 Å². The van der Waals surface area contributed by atoms with E-state index in [1.165, 1.54) is 0 Å². The van der Waals surface area contributed by atoms with Crippen LogP contribution in [0.25, 0.3) is 10.8 Å². The SMILES string of the molecule is CCCC[C@@H](CC)CNC(=O)COC(=O)Cc1n[nH]c(=O)c2ccccc12. The first kappa shape index (κ1) is 20.6. The smallest absolute Gasteiger partial charge is 0.312 e. The van der Waals surface area contributed by atoms with Gasteiger partial charge in [-0.25, -0.2) is 5.10 Å². The maximum Gasteiger partial charge on any atom is 0.312 e. The van der Waals surface area contributed by atoms with Crippen LogP contribution in [0.4, 0.5) is 0 Å². The van der Waals surface area contributed by atoms with Crippen molar-refractivity contribution in [1.82, 2.24) is 15.5 Å². The predicted octanol–water partition coefficient (Wildman–Crippen LogP) is 2.34. The van der Waals surface area contributed by atoms with Gasteiger partial charge in [-0.05, 0) is 18.4 Å². The Morgan fingerprint density at radius 1 is 1.22 bits per heavy atom. The van der Waals surface area contributed by atoms with E-state index in [9.17, 15) is 14.4 Å². The number of benzene rings is 1. The Morgan fingerprint density at radius 2 is 1.96 bits per heavy atom. The molecule has 7 heteroatoms. The molecule has 0 aliphatic rings. The minimum Gasteiger partial charge on any atom is -0.455 e. The Bertz CT molecular complexity index is 831. The summed E-state index contributed by atoms with van der Waals surface area (Å²) in [6.45, 7) is 4.53. The molecule has 1 atom stereocenters. The molecule has 2 N–H and O–H groups in total. The number of fused-ring (bicyclic) bond motifs is 1. The second-order valence-corrected chi connectivity index (χ2v) is 6.60. The molecule has 0 unspecified atom stereocenters. The van der Waals surface area contributed by atoms with E-state index in [0.717, 1.165) is 25.7 Å². The standard InChI is InChI=1S/C20H27N3O4/c1-3-5-8-14(4-2)12-21-18(24)13-27-19(25)11-17-15-9-6-7-10-16(15)20(26)23-22-17/h6-7,9-10,14H,3-5,8,11-13H2,1-2H3,(H,21,24)(H,23,26)/t14-/m1/s1. The van der Waals surface area contributed by atoms with Gasteiger partial charge in [0, 0.05) is 11.9 Å². The lowest BCUT2D eigenvalue weighted by Gasteiger charge is -2.15. The van der Waals surface area contributed by atoms with Crippen LogP contribution in [0.15, 0.2) is 29.1 Å². The summed E-state index contributed by atoms with van der Waals surface area (Å²) in [5.74, 6) is -0.424. The Balaban J connectivity index is 1.84. The number of aromatic nitrogens is 2. The van der Waals surface area contributed by atoms with Gasteiger partial charge >= 0.3 is 5.97 Å². The lowest BCUT2D eigenvalue weighted by Crippen LogP contribution is -2.33. The summed E-state index contributed by atoms with van der Waals surface area (Å²) in [7, 11) is 0. The number of carbonyl (C=O) groups excluding carboxylic acids is 2. The fourth-order valence-electron chi connectivity index (χ4n) is 2.89. The number of unbranched alkanes of at least 4 members (excludes halogenated alkanes) is 1. The van der Waals surface area contributed by atoms with Gasteiger partial charge in [0.25, 0.3) is 11.5 Å². The van der Waals surface area contributed by atoms with Gasteiger partial charge < -0.3 is 10.1 Å². The lowest BCUT2D eigenvalue weighted by molar-refractivity contribution is -0.147. The average molecular weight is 373 g/mol. The maximum absolute atomic E-state index is 12.0. The van der Waals surface area contributed by atoms with Crippen molar-refractivity contribution >= 4 is 22.6 Å². The third-order valence-electron chi connectivity index (χ3n) is 4.58. The molecule has 0 aliphatic carbocycles. The predicted molar refractivity (Wildman–Crippen MR) is 103 cm³/mol. The minimum atomic E-state index is -0.562. The summed E-state index contributed by atoms with van der Waals surface area (Å²) in [6.07, 6.45) is 4.25. The summed E-state index contributed by atoms with van der Waals surface area (Å²) in [5.41, 5.74) is 0.108. The molecule has 0 bridgehead atoms. The van der Waals surface area contributed by atoms with E-state index < -0.39 is 5.97 Å². The van der Waals surface area contributed by atoms with E-state index in [0.29, 0.717) is 28.9 Å². The van der Waals surface area contributed by atoms with Crippen molar-refractivity contribution in [3.8, 4) is 0 Å². The van der Waals surface area contributed by atoms with Gasteiger partial charge in [0.05, 0.1) is 17.5 Å². The largest absolute Gasteiger partial charge is 0.455 e. The van der Waals surface area contributed by atoms with E-state index in [-0.39, 0.29) is 24.5 Å². The molecule has 1 heterocycles. The van der Waals surface area contributed by atoms with E-state index in [2.05, 4.69) is 29.4 Å². The number of aromatic amines is 1. The molecule has 7 nitrogen and oxygen atoms in total. The highest BCUT2D eigenvalue weighted by atomic mass is 16.5. The molecule has 0 saturated heterocycles. The topological polar surface area (TPSA) is 101 Å². The van der Waals surface area contributed by atoms with Crippen molar-refractivity contribution in [2.45, 2.75) is 46.0 Å². The van der Waals surface area contributed by atoms with Crippen LogP contribution in [-0.4, -0.2) is 35.2 Å². The fourth-order valence-corrected chi connectivity index (χ4v) is 2.89. The molecular formula is C20H27N3O4.